The van der Waals surface area contributed by atoms with Gasteiger partial charge in [0.25, 0.3) is 0 Å². The molecule has 0 aliphatic carbocycles. The quantitative estimate of drug-likeness (QED) is 0.805. The fraction of sp³-hybridized carbons (Fsp3) is 0.389. The van der Waals surface area contributed by atoms with Crippen LogP contribution in [0.3, 0.4) is 0 Å². The summed E-state index contributed by atoms with van der Waals surface area (Å²) >= 11 is 0. The van der Waals surface area contributed by atoms with Crippen LogP contribution < -0.4 is 0 Å². The Hall–Kier alpha value is -2.63. The number of hydrogen-bond donors (Lipinski definition) is 0. The zero-order chi connectivity index (χ0) is 16.9. The number of hydrogen-bond acceptors (Lipinski definition) is 4. The number of carbonyl (C=O) groups is 2. The average molecular weight is 327 g/mol. The Morgan fingerprint density at radius 1 is 1.17 bits per heavy atom. The summed E-state index contributed by atoms with van der Waals surface area (Å²) < 4.78 is 6.43. The maximum absolute atomic E-state index is 12.4. The van der Waals surface area contributed by atoms with Crippen molar-refractivity contribution in [3.63, 3.8) is 0 Å². The molecule has 0 radical (unpaired) electrons. The van der Waals surface area contributed by atoms with Crippen LogP contribution >= 0.6 is 0 Å². The third kappa shape index (κ3) is 3.64. The SMILES string of the molecule is COC(=O)C1CCN(C(=O)Cn2ccc(-c3ccccc3)n2)CC1. The second-order valence-electron chi connectivity index (χ2n) is 5.94. The Balaban J connectivity index is 1.56. The highest BCUT2D eigenvalue weighted by molar-refractivity contribution is 5.77. The first-order chi connectivity index (χ1) is 11.7. The highest BCUT2D eigenvalue weighted by Crippen LogP contribution is 2.19. The van der Waals surface area contributed by atoms with E-state index < -0.39 is 0 Å². The van der Waals surface area contributed by atoms with Gasteiger partial charge in [-0.05, 0) is 18.9 Å². The van der Waals surface area contributed by atoms with Crippen LogP contribution in [0, 0.1) is 5.92 Å². The van der Waals surface area contributed by atoms with Crippen molar-refractivity contribution in [2.24, 2.45) is 5.92 Å². The van der Waals surface area contributed by atoms with Gasteiger partial charge < -0.3 is 9.64 Å². The van der Waals surface area contributed by atoms with Gasteiger partial charge in [0.2, 0.25) is 5.91 Å². The zero-order valence-electron chi connectivity index (χ0n) is 13.7. The fourth-order valence-electron chi connectivity index (χ4n) is 2.98. The number of nitrogens with zero attached hydrogens (tertiary/aromatic N) is 3. The molecule has 126 valence electrons. The van der Waals surface area contributed by atoms with Crippen molar-refractivity contribution in [1.82, 2.24) is 14.7 Å². The van der Waals surface area contributed by atoms with Crippen molar-refractivity contribution >= 4 is 11.9 Å². The van der Waals surface area contributed by atoms with E-state index in [-0.39, 0.29) is 24.3 Å². The van der Waals surface area contributed by atoms with E-state index in [0.29, 0.717) is 25.9 Å². The van der Waals surface area contributed by atoms with Gasteiger partial charge >= 0.3 is 5.97 Å². The molecular formula is C18H21N3O3. The lowest BCUT2D eigenvalue weighted by Crippen LogP contribution is -2.42. The Labute approximate surface area is 141 Å². The fourth-order valence-corrected chi connectivity index (χ4v) is 2.98. The molecular weight excluding hydrogens is 306 g/mol. The molecule has 0 saturated carbocycles. The van der Waals surface area contributed by atoms with Gasteiger partial charge in [-0.25, -0.2) is 0 Å². The van der Waals surface area contributed by atoms with Crippen LogP contribution in [0.4, 0.5) is 0 Å². The maximum Gasteiger partial charge on any atom is 0.308 e. The highest BCUT2D eigenvalue weighted by Gasteiger charge is 2.27. The number of amides is 1. The molecule has 1 amide bonds. The first-order valence-electron chi connectivity index (χ1n) is 8.12. The van der Waals surface area contributed by atoms with Crippen LogP contribution in [-0.2, 0) is 20.9 Å². The van der Waals surface area contributed by atoms with Gasteiger partial charge in [-0.1, -0.05) is 30.3 Å². The lowest BCUT2D eigenvalue weighted by molar-refractivity contribution is -0.149. The third-order valence-corrected chi connectivity index (χ3v) is 4.39. The topological polar surface area (TPSA) is 64.4 Å². The average Bonchev–Trinajstić information content (AvgIpc) is 3.10. The van der Waals surface area contributed by atoms with Crippen molar-refractivity contribution in [2.75, 3.05) is 20.2 Å². The lowest BCUT2D eigenvalue weighted by atomic mass is 9.97. The van der Waals surface area contributed by atoms with Crippen LogP contribution in [0.2, 0.25) is 0 Å². The summed E-state index contributed by atoms with van der Waals surface area (Å²) in [5.41, 5.74) is 1.88. The number of likely N-dealkylation sites (tertiary alicyclic amines) is 1. The molecule has 6 heteroatoms. The first kappa shape index (κ1) is 16.2. The van der Waals surface area contributed by atoms with E-state index in [0.717, 1.165) is 11.3 Å². The van der Waals surface area contributed by atoms with Gasteiger partial charge in [-0.15, -0.1) is 0 Å². The molecule has 0 bridgehead atoms. The number of methoxy groups -OCH3 is 1. The van der Waals surface area contributed by atoms with Crippen molar-refractivity contribution in [2.45, 2.75) is 19.4 Å². The minimum absolute atomic E-state index is 0.0287. The molecule has 0 spiro atoms. The predicted octanol–water partition coefficient (Wildman–Crippen LogP) is 1.96. The highest BCUT2D eigenvalue weighted by atomic mass is 16.5. The Bertz CT molecular complexity index is 703. The Morgan fingerprint density at radius 2 is 1.88 bits per heavy atom. The van der Waals surface area contributed by atoms with E-state index in [4.69, 9.17) is 4.74 Å². The minimum Gasteiger partial charge on any atom is -0.469 e. The Kier molecular flexibility index (Phi) is 4.93. The molecule has 2 heterocycles. The van der Waals surface area contributed by atoms with Crippen molar-refractivity contribution < 1.29 is 14.3 Å². The van der Waals surface area contributed by atoms with Crippen LogP contribution in [0.25, 0.3) is 11.3 Å². The summed E-state index contributed by atoms with van der Waals surface area (Å²) in [4.78, 5) is 25.7. The van der Waals surface area contributed by atoms with Crippen molar-refractivity contribution in [3.8, 4) is 11.3 Å². The molecule has 1 fully saturated rings. The van der Waals surface area contributed by atoms with Crippen LogP contribution in [0.5, 0.6) is 0 Å². The summed E-state index contributed by atoms with van der Waals surface area (Å²) in [5, 5.41) is 4.47. The number of ether oxygens (including phenoxy) is 1. The number of esters is 1. The van der Waals surface area contributed by atoms with E-state index in [1.54, 1.807) is 9.58 Å². The molecule has 1 aliphatic heterocycles. The predicted molar refractivity (Wildman–Crippen MR) is 89.0 cm³/mol. The van der Waals surface area contributed by atoms with E-state index in [2.05, 4.69) is 5.10 Å². The van der Waals surface area contributed by atoms with Crippen LogP contribution in [-0.4, -0.2) is 46.8 Å². The standard InChI is InChI=1S/C18H21N3O3/c1-24-18(23)15-7-10-20(11-8-15)17(22)13-21-12-9-16(19-21)14-5-3-2-4-6-14/h2-6,9,12,15H,7-8,10-11,13H2,1H3. The van der Waals surface area contributed by atoms with Gasteiger partial charge in [0.1, 0.15) is 6.54 Å². The summed E-state index contributed by atoms with van der Waals surface area (Å²) in [6.45, 7) is 1.40. The third-order valence-electron chi connectivity index (χ3n) is 4.39. The molecule has 1 aromatic heterocycles. The van der Waals surface area contributed by atoms with Crippen molar-refractivity contribution in [3.05, 3.63) is 42.6 Å². The van der Waals surface area contributed by atoms with Gasteiger partial charge in [0.15, 0.2) is 0 Å². The summed E-state index contributed by atoms with van der Waals surface area (Å²) in [5.74, 6) is -0.240. The van der Waals surface area contributed by atoms with Gasteiger partial charge in [0.05, 0.1) is 18.7 Å². The van der Waals surface area contributed by atoms with Crippen LogP contribution in [0.1, 0.15) is 12.8 Å². The summed E-state index contributed by atoms with van der Waals surface area (Å²) in [6.07, 6.45) is 3.14. The lowest BCUT2D eigenvalue weighted by Gasteiger charge is -2.30. The number of rotatable bonds is 4. The van der Waals surface area contributed by atoms with E-state index in [9.17, 15) is 9.59 Å². The van der Waals surface area contributed by atoms with Gasteiger partial charge in [-0.2, -0.15) is 5.10 Å². The van der Waals surface area contributed by atoms with Crippen LogP contribution in [0.15, 0.2) is 42.6 Å². The molecule has 2 aromatic rings. The summed E-state index contributed by atoms with van der Waals surface area (Å²) in [7, 11) is 1.40. The molecule has 0 N–H and O–H groups in total. The zero-order valence-corrected chi connectivity index (χ0v) is 13.7. The second-order valence-corrected chi connectivity index (χ2v) is 5.94. The normalized spacial score (nSPS) is 15.3. The first-order valence-corrected chi connectivity index (χ1v) is 8.12. The van der Waals surface area contributed by atoms with E-state index in [1.807, 2.05) is 42.6 Å². The van der Waals surface area contributed by atoms with E-state index in [1.165, 1.54) is 7.11 Å². The maximum atomic E-state index is 12.4. The molecule has 3 rings (SSSR count). The molecule has 1 aliphatic rings. The molecule has 0 atom stereocenters. The molecule has 24 heavy (non-hydrogen) atoms. The van der Waals surface area contributed by atoms with Gasteiger partial charge in [-0.3, -0.25) is 14.3 Å². The number of aromatic nitrogens is 2. The largest absolute Gasteiger partial charge is 0.469 e. The number of benzene rings is 1. The van der Waals surface area contributed by atoms with Crippen molar-refractivity contribution in [1.29, 1.82) is 0 Å². The summed E-state index contributed by atoms with van der Waals surface area (Å²) in [6, 6.07) is 11.8. The smallest absolute Gasteiger partial charge is 0.308 e. The monoisotopic (exact) mass is 327 g/mol. The van der Waals surface area contributed by atoms with Gasteiger partial charge in [0, 0.05) is 24.8 Å². The second kappa shape index (κ2) is 7.29. The Morgan fingerprint density at radius 3 is 2.54 bits per heavy atom. The number of carbonyl (C=O) groups excluding carboxylic acids is 2. The van der Waals surface area contributed by atoms with E-state index >= 15 is 0 Å². The molecule has 6 nitrogen and oxygen atoms in total. The molecule has 1 saturated heterocycles. The molecule has 0 unspecified atom stereocenters. The number of piperidine rings is 1. The minimum atomic E-state index is -0.179. The molecule has 1 aromatic carbocycles.